The van der Waals surface area contributed by atoms with E-state index in [4.69, 9.17) is 14.2 Å². The largest absolute Gasteiger partial charge is 0.462 e. The van der Waals surface area contributed by atoms with Gasteiger partial charge in [-0.15, -0.1) is 0 Å². The van der Waals surface area contributed by atoms with Crippen LogP contribution >= 0.6 is 0 Å². The molecule has 0 rings (SSSR count). The number of carbonyl (C=O) groups is 3. The third-order valence-electron chi connectivity index (χ3n) is 17.3. The summed E-state index contributed by atoms with van der Waals surface area (Å²) in [7, 11) is 0. The van der Waals surface area contributed by atoms with Gasteiger partial charge in [-0.2, -0.15) is 0 Å². The molecule has 0 saturated heterocycles. The number of carbonyl (C=O) groups excluding carboxylic acids is 3. The predicted octanol–water partition coefficient (Wildman–Crippen LogP) is 25.6. The molecule has 0 fully saturated rings. The first-order chi connectivity index (χ1) is 40.0. The molecule has 0 aromatic heterocycles. The van der Waals surface area contributed by atoms with E-state index in [2.05, 4.69) is 32.9 Å². The summed E-state index contributed by atoms with van der Waals surface area (Å²) in [4.78, 5) is 38.5. The number of esters is 3. The van der Waals surface area contributed by atoms with E-state index in [1.54, 1.807) is 0 Å². The van der Waals surface area contributed by atoms with Gasteiger partial charge in [-0.1, -0.05) is 380 Å². The fourth-order valence-corrected chi connectivity index (χ4v) is 11.7. The highest BCUT2D eigenvalue weighted by atomic mass is 16.6. The van der Waals surface area contributed by atoms with Gasteiger partial charge in [0.25, 0.3) is 0 Å². The summed E-state index contributed by atoms with van der Waals surface area (Å²) in [6.07, 6.45) is 85.4. The van der Waals surface area contributed by atoms with Crippen LogP contribution < -0.4 is 0 Å². The number of ether oxygens (including phenoxy) is 3. The third-order valence-corrected chi connectivity index (χ3v) is 17.3. The topological polar surface area (TPSA) is 78.9 Å². The zero-order chi connectivity index (χ0) is 58.5. The zero-order valence-electron chi connectivity index (χ0n) is 55.4. The molecule has 0 saturated carbocycles. The molecule has 0 radical (unpaired) electrons. The first kappa shape index (κ1) is 79.2. The predicted molar refractivity (Wildman–Crippen MR) is 353 cm³/mol. The molecule has 81 heavy (non-hydrogen) atoms. The Kier molecular flexibility index (Phi) is 69.0. The molecule has 0 heterocycles. The fraction of sp³-hybridized carbons (Fsp3) is 0.933. The summed E-state index contributed by atoms with van der Waals surface area (Å²) in [6.45, 7) is 6.73. The van der Waals surface area contributed by atoms with E-state index >= 15 is 0 Å². The van der Waals surface area contributed by atoms with Crippen LogP contribution in [0.15, 0.2) is 12.2 Å². The lowest BCUT2D eigenvalue weighted by Gasteiger charge is -2.18. The molecule has 0 aromatic carbocycles. The lowest BCUT2D eigenvalue weighted by atomic mass is 10.0. The standard InChI is InChI=1S/C75H144O6/c1-4-7-10-13-16-19-22-25-28-31-33-34-35-36-37-38-39-40-41-42-45-47-50-53-56-59-62-65-68-74(77)80-71-72(70-79-73(76)67-64-61-58-55-52-49-46-43-30-27-24-21-18-15-12-9-6-3)81-75(78)69-66-63-60-57-54-51-48-44-32-29-26-23-20-17-14-11-8-5-2/h27,30,72H,4-26,28-29,31-71H2,1-3H3/b30-27-. The van der Waals surface area contributed by atoms with E-state index in [0.29, 0.717) is 19.3 Å². The second kappa shape index (κ2) is 70.6. The molecule has 0 aliphatic heterocycles. The van der Waals surface area contributed by atoms with Gasteiger partial charge in [-0.25, -0.2) is 0 Å². The fourth-order valence-electron chi connectivity index (χ4n) is 11.7. The van der Waals surface area contributed by atoms with Crippen molar-refractivity contribution in [3.63, 3.8) is 0 Å². The molecule has 1 atom stereocenters. The van der Waals surface area contributed by atoms with Crippen LogP contribution in [0.25, 0.3) is 0 Å². The molecule has 6 heteroatoms. The van der Waals surface area contributed by atoms with Crippen molar-refractivity contribution in [3.8, 4) is 0 Å². The van der Waals surface area contributed by atoms with Crippen molar-refractivity contribution in [1.29, 1.82) is 0 Å². The van der Waals surface area contributed by atoms with E-state index in [1.807, 2.05) is 0 Å². The summed E-state index contributed by atoms with van der Waals surface area (Å²) in [5, 5.41) is 0. The normalized spacial score (nSPS) is 12.0. The van der Waals surface area contributed by atoms with Gasteiger partial charge in [0.05, 0.1) is 0 Å². The SMILES string of the molecule is CCCCCCCC/C=C\CCCCCCCCCC(=O)OCC(COC(=O)CCCCCCCCCCCCCCCCCCCCCCCCCCCCCC)OC(=O)CCCCCCCCCCCCCCCCCCCC. The minimum atomic E-state index is -0.769. The summed E-state index contributed by atoms with van der Waals surface area (Å²) < 4.78 is 17.0. The van der Waals surface area contributed by atoms with E-state index < -0.39 is 6.10 Å². The average molecular weight is 1140 g/mol. The maximum atomic E-state index is 13.0. The summed E-state index contributed by atoms with van der Waals surface area (Å²) in [5.41, 5.74) is 0. The van der Waals surface area contributed by atoms with Gasteiger partial charge in [0.15, 0.2) is 6.10 Å². The van der Waals surface area contributed by atoms with E-state index in [9.17, 15) is 14.4 Å². The minimum Gasteiger partial charge on any atom is -0.462 e. The highest BCUT2D eigenvalue weighted by Crippen LogP contribution is 2.20. The van der Waals surface area contributed by atoms with Gasteiger partial charge in [0.2, 0.25) is 0 Å². The first-order valence-electron chi connectivity index (χ1n) is 37.2. The Morgan fingerprint density at radius 1 is 0.235 bits per heavy atom. The Labute approximate surface area is 507 Å². The van der Waals surface area contributed by atoms with Crippen LogP contribution in [0, 0.1) is 0 Å². The van der Waals surface area contributed by atoms with Gasteiger partial charge in [0, 0.05) is 19.3 Å². The molecule has 0 aliphatic rings. The van der Waals surface area contributed by atoms with Crippen LogP contribution in [-0.2, 0) is 28.6 Å². The van der Waals surface area contributed by atoms with Crippen molar-refractivity contribution in [3.05, 3.63) is 12.2 Å². The average Bonchev–Trinajstić information content (AvgIpc) is 3.47. The second-order valence-electron chi connectivity index (χ2n) is 25.6. The molecule has 480 valence electrons. The Hall–Kier alpha value is -1.85. The maximum Gasteiger partial charge on any atom is 0.306 e. The van der Waals surface area contributed by atoms with Crippen LogP contribution in [0.3, 0.4) is 0 Å². The van der Waals surface area contributed by atoms with Crippen molar-refractivity contribution < 1.29 is 28.6 Å². The molecule has 1 unspecified atom stereocenters. The van der Waals surface area contributed by atoms with Crippen LogP contribution in [0.2, 0.25) is 0 Å². The maximum absolute atomic E-state index is 13.0. The van der Waals surface area contributed by atoms with Crippen molar-refractivity contribution in [2.75, 3.05) is 13.2 Å². The van der Waals surface area contributed by atoms with E-state index in [0.717, 1.165) is 57.8 Å². The van der Waals surface area contributed by atoms with Crippen molar-refractivity contribution in [1.82, 2.24) is 0 Å². The summed E-state index contributed by atoms with van der Waals surface area (Å²) in [6, 6.07) is 0. The molecule has 6 nitrogen and oxygen atoms in total. The minimum absolute atomic E-state index is 0.0641. The van der Waals surface area contributed by atoms with E-state index in [1.165, 1.54) is 334 Å². The third kappa shape index (κ3) is 68.8. The summed E-state index contributed by atoms with van der Waals surface area (Å²) in [5.74, 6) is -0.830. The molecule has 0 N–H and O–H groups in total. The number of rotatable bonds is 70. The van der Waals surface area contributed by atoms with Crippen LogP contribution in [-0.4, -0.2) is 37.2 Å². The van der Waals surface area contributed by atoms with Crippen LogP contribution in [0.1, 0.15) is 432 Å². The molecular formula is C75H144O6. The quantitative estimate of drug-likeness (QED) is 0.0261. The lowest BCUT2D eigenvalue weighted by Crippen LogP contribution is -2.30. The highest BCUT2D eigenvalue weighted by molar-refractivity contribution is 5.71. The van der Waals surface area contributed by atoms with Gasteiger partial charge in [-0.05, 0) is 44.9 Å². The highest BCUT2D eigenvalue weighted by Gasteiger charge is 2.20. The number of unbranched alkanes of at least 4 members (excludes halogenated alkanes) is 57. The van der Waals surface area contributed by atoms with Crippen molar-refractivity contribution in [2.45, 2.75) is 438 Å². The lowest BCUT2D eigenvalue weighted by molar-refractivity contribution is -0.167. The first-order valence-corrected chi connectivity index (χ1v) is 37.2. The molecule has 0 aromatic rings. The number of allylic oxidation sites excluding steroid dienone is 2. The summed E-state index contributed by atoms with van der Waals surface area (Å²) >= 11 is 0. The van der Waals surface area contributed by atoms with Gasteiger partial charge < -0.3 is 14.2 Å². The van der Waals surface area contributed by atoms with Crippen molar-refractivity contribution >= 4 is 17.9 Å². The second-order valence-corrected chi connectivity index (χ2v) is 25.6. The number of hydrogen-bond acceptors (Lipinski definition) is 6. The molecule has 0 spiro atoms. The smallest absolute Gasteiger partial charge is 0.306 e. The molecule has 0 amide bonds. The van der Waals surface area contributed by atoms with Gasteiger partial charge in [0.1, 0.15) is 13.2 Å². The monoisotopic (exact) mass is 1140 g/mol. The van der Waals surface area contributed by atoms with E-state index in [-0.39, 0.29) is 31.1 Å². The molecule has 0 aliphatic carbocycles. The Bertz CT molecular complexity index is 1260. The Balaban J connectivity index is 4.20. The Morgan fingerprint density at radius 2 is 0.407 bits per heavy atom. The zero-order valence-corrected chi connectivity index (χ0v) is 55.4. The molecule has 0 bridgehead atoms. The van der Waals surface area contributed by atoms with Gasteiger partial charge in [-0.3, -0.25) is 14.4 Å². The van der Waals surface area contributed by atoms with Crippen LogP contribution in [0.4, 0.5) is 0 Å². The van der Waals surface area contributed by atoms with Crippen molar-refractivity contribution in [2.24, 2.45) is 0 Å². The molecular weight excluding hydrogens is 997 g/mol. The van der Waals surface area contributed by atoms with Crippen LogP contribution in [0.5, 0.6) is 0 Å². The number of hydrogen-bond donors (Lipinski definition) is 0. The van der Waals surface area contributed by atoms with Gasteiger partial charge >= 0.3 is 17.9 Å². The Morgan fingerprint density at radius 3 is 0.617 bits per heavy atom.